The van der Waals surface area contributed by atoms with E-state index in [0.717, 1.165) is 35.9 Å². The van der Waals surface area contributed by atoms with E-state index in [1.807, 2.05) is 36.5 Å². The number of hydrogen-bond acceptors (Lipinski definition) is 4. The van der Waals surface area contributed by atoms with Crippen LogP contribution in [0.15, 0.2) is 47.6 Å². The van der Waals surface area contributed by atoms with Gasteiger partial charge in [0.1, 0.15) is 11.6 Å². The van der Waals surface area contributed by atoms with E-state index in [-0.39, 0.29) is 0 Å². The molecule has 0 spiro atoms. The van der Waals surface area contributed by atoms with E-state index >= 15 is 0 Å². The molecule has 3 rings (SSSR count). The van der Waals surface area contributed by atoms with E-state index in [1.165, 1.54) is 19.3 Å². The zero-order chi connectivity index (χ0) is 17.5. The Morgan fingerprint density at radius 3 is 2.88 bits per heavy atom. The molecule has 0 amide bonds. The maximum atomic E-state index is 6.00. The Kier molecular flexibility index (Phi) is 5.72. The van der Waals surface area contributed by atoms with Gasteiger partial charge in [-0.05, 0) is 49.1 Å². The molecular weight excluding hydrogens is 314 g/mol. The van der Waals surface area contributed by atoms with Crippen LogP contribution in [0.5, 0.6) is 5.75 Å². The Morgan fingerprint density at radius 2 is 2.08 bits per heavy atom. The van der Waals surface area contributed by atoms with Crippen molar-refractivity contribution in [1.82, 2.24) is 4.98 Å². The second-order valence-electron chi connectivity index (χ2n) is 6.13. The molecule has 0 bridgehead atoms. The second kappa shape index (κ2) is 8.37. The van der Waals surface area contributed by atoms with Gasteiger partial charge < -0.3 is 20.7 Å². The van der Waals surface area contributed by atoms with Gasteiger partial charge in [0.15, 0.2) is 5.96 Å². The average Bonchev–Trinajstić information content (AvgIpc) is 2.67. The molecule has 3 N–H and O–H groups in total. The smallest absolute Gasteiger partial charge is 0.193 e. The van der Waals surface area contributed by atoms with E-state index in [9.17, 15) is 0 Å². The van der Waals surface area contributed by atoms with Crippen molar-refractivity contribution in [2.45, 2.75) is 25.8 Å². The molecule has 0 aliphatic carbocycles. The van der Waals surface area contributed by atoms with E-state index in [4.69, 9.17) is 10.5 Å². The number of rotatable bonds is 5. The number of hydrogen-bond donors (Lipinski definition) is 2. The Labute approximate surface area is 148 Å². The number of methoxy groups -OCH3 is 1. The number of guanidine groups is 1. The van der Waals surface area contributed by atoms with E-state index < -0.39 is 0 Å². The molecule has 2 heterocycles. The molecule has 0 atom stereocenters. The largest absolute Gasteiger partial charge is 0.497 e. The average molecular weight is 339 g/mol. The lowest BCUT2D eigenvalue weighted by molar-refractivity contribution is 0.415. The Morgan fingerprint density at radius 1 is 1.24 bits per heavy atom. The number of anilines is 2. The van der Waals surface area contributed by atoms with Crippen molar-refractivity contribution in [2.24, 2.45) is 10.7 Å². The van der Waals surface area contributed by atoms with Crippen LogP contribution in [0.2, 0.25) is 0 Å². The zero-order valence-corrected chi connectivity index (χ0v) is 14.6. The van der Waals surface area contributed by atoms with Crippen molar-refractivity contribution in [3.05, 3.63) is 48.2 Å². The number of aliphatic imine (C=N–C) groups is 1. The number of nitrogens with zero attached hydrogens (tertiary/aromatic N) is 3. The van der Waals surface area contributed by atoms with Crippen LogP contribution in [0.25, 0.3) is 0 Å². The van der Waals surface area contributed by atoms with Crippen LogP contribution in [0.3, 0.4) is 0 Å². The van der Waals surface area contributed by atoms with Gasteiger partial charge in [0.05, 0.1) is 13.7 Å². The highest BCUT2D eigenvalue weighted by Crippen LogP contribution is 2.19. The van der Waals surface area contributed by atoms with E-state index in [2.05, 4.69) is 26.3 Å². The van der Waals surface area contributed by atoms with Crippen molar-refractivity contribution in [2.75, 3.05) is 30.4 Å². The van der Waals surface area contributed by atoms with Gasteiger partial charge in [-0.3, -0.25) is 0 Å². The van der Waals surface area contributed by atoms with Gasteiger partial charge in [-0.25, -0.2) is 9.98 Å². The first-order valence-electron chi connectivity index (χ1n) is 8.65. The SMILES string of the molecule is COc1cccc(NC(N)=NCc2ccnc(N3CCCCC3)c2)c1. The lowest BCUT2D eigenvalue weighted by atomic mass is 10.1. The lowest BCUT2D eigenvalue weighted by Gasteiger charge is -2.27. The standard InChI is InChI=1S/C19H25N5O/c1-25-17-7-5-6-16(13-17)23-19(20)22-14-15-8-9-21-18(12-15)24-10-3-2-4-11-24/h5-9,12-13H,2-4,10-11,14H2,1H3,(H3,20,22,23). The summed E-state index contributed by atoms with van der Waals surface area (Å²) in [6.45, 7) is 2.69. The summed E-state index contributed by atoms with van der Waals surface area (Å²) < 4.78 is 5.20. The quantitative estimate of drug-likeness (QED) is 0.647. The van der Waals surface area contributed by atoms with Crippen LogP contribution in [0.4, 0.5) is 11.5 Å². The Bertz CT molecular complexity index is 725. The molecule has 25 heavy (non-hydrogen) atoms. The summed E-state index contributed by atoms with van der Waals surface area (Å²) in [7, 11) is 1.64. The highest BCUT2D eigenvalue weighted by Gasteiger charge is 2.12. The van der Waals surface area contributed by atoms with Gasteiger partial charge in [-0.2, -0.15) is 0 Å². The summed E-state index contributed by atoms with van der Waals surface area (Å²) in [6, 6.07) is 11.7. The molecule has 1 aromatic heterocycles. The summed E-state index contributed by atoms with van der Waals surface area (Å²) in [6.07, 6.45) is 5.64. The molecule has 0 radical (unpaired) electrons. The lowest BCUT2D eigenvalue weighted by Crippen LogP contribution is -2.30. The van der Waals surface area contributed by atoms with Crippen molar-refractivity contribution in [3.8, 4) is 5.75 Å². The molecule has 1 aromatic carbocycles. The molecule has 1 aliphatic rings. The minimum atomic E-state index is 0.379. The van der Waals surface area contributed by atoms with E-state index in [1.54, 1.807) is 7.11 Å². The summed E-state index contributed by atoms with van der Waals surface area (Å²) in [5, 5.41) is 3.09. The first-order chi connectivity index (χ1) is 12.2. The predicted octanol–water partition coefficient (Wildman–Crippen LogP) is 3.01. The first-order valence-corrected chi connectivity index (χ1v) is 8.65. The molecule has 6 heteroatoms. The predicted molar refractivity (Wildman–Crippen MR) is 102 cm³/mol. The molecule has 6 nitrogen and oxygen atoms in total. The number of ether oxygens (including phenoxy) is 1. The second-order valence-corrected chi connectivity index (χ2v) is 6.13. The highest BCUT2D eigenvalue weighted by atomic mass is 16.5. The molecule has 1 saturated heterocycles. The molecule has 2 aromatic rings. The van der Waals surface area contributed by atoms with Crippen molar-refractivity contribution < 1.29 is 4.74 Å². The normalized spacial score (nSPS) is 15.1. The molecule has 1 fully saturated rings. The van der Waals surface area contributed by atoms with Crippen molar-refractivity contribution in [3.63, 3.8) is 0 Å². The fraction of sp³-hybridized carbons (Fsp3) is 0.368. The van der Waals surface area contributed by atoms with Gasteiger partial charge in [-0.15, -0.1) is 0 Å². The van der Waals surface area contributed by atoms with Gasteiger partial charge in [0.2, 0.25) is 0 Å². The van der Waals surface area contributed by atoms with Crippen LogP contribution >= 0.6 is 0 Å². The monoisotopic (exact) mass is 339 g/mol. The third-order valence-electron chi connectivity index (χ3n) is 4.26. The molecule has 132 valence electrons. The molecular formula is C19H25N5O. The number of piperidine rings is 1. The number of benzene rings is 1. The minimum absolute atomic E-state index is 0.379. The third-order valence-corrected chi connectivity index (χ3v) is 4.26. The van der Waals surface area contributed by atoms with Crippen LogP contribution in [0.1, 0.15) is 24.8 Å². The molecule has 0 saturated carbocycles. The fourth-order valence-corrected chi connectivity index (χ4v) is 2.92. The van der Waals surface area contributed by atoms with Crippen molar-refractivity contribution in [1.29, 1.82) is 0 Å². The number of nitrogens with one attached hydrogen (secondary N) is 1. The Hall–Kier alpha value is -2.76. The number of nitrogens with two attached hydrogens (primary N) is 1. The topological polar surface area (TPSA) is 75.8 Å². The zero-order valence-electron chi connectivity index (χ0n) is 14.6. The van der Waals surface area contributed by atoms with Gasteiger partial charge in [-0.1, -0.05) is 6.07 Å². The summed E-state index contributed by atoms with van der Waals surface area (Å²) >= 11 is 0. The third kappa shape index (κ3) is 4.86. The van der Waals surface area contributed by atoms with Gasteiger partial charge in [0, 0.05) is 31.0 Å². The summed E-state index contributed by atoms with van der Waals surface area (Å²) in [5.41, 5.74) is 7.95. The molecule has 0 unspecified atom stereocenters. The highest BCUT2D eigenvalue weighted by molar-refractivity contribution is 5.92. The summed E-state index contributed by atoms with van der Waals surface area (Å²) in [5.74, 6) is 2.19. The maximum absolute atomic E-state index is 6.00. The fourth-order valence-electron chi connectivity index (χ4n) is 2.92. The van der Waals surface area contributed by atoms with Crippen LogP contribution in [-0.4, -0.2) is 31.1 Å². The van der Waals surface area contributed by atoms with Crippen LogP contribution < -0.4 is 20.7 Å². The van der Waals surface area contributed by atoms with Gasteiger partial charge >= 0.3 is 0 Å². The van der Waals surface area contributed by atoms with Crippen molar-refractivity contribution >= 4 is 17.5 Å². The van der Waals surface area contributed by atoms with E-state index in [0.29, 0.717) is 12.5 Å². The number of pyridine rings is 1. The first kappa shape index (κ1) is 17.1. The maximum Gasteiger partial charge on any atom is 0.193 e. The Balaban J connectivity index is 1.62. The van der Waals surface area contributed by atoms with Crippen LogP contribution in [-0.2, 0) is 6.54 Å². The minimum Gasteiger partial charge on any atom is -0.497 e. The number of aromatic nitrogens is 1. The summed E-state index contributed by atoms with van der Waals surface area (Å²) in [4.78, 5) is 11.3. The molecule has 1 aliphatic heterocycles. The van der Waals surface area contributed by atoms with Crippen LogP contribution in [0, 0.1) is 0 Å². The van der Waals surface area contributed by atoms with Gasteiger partial charge in [0.25, 0.3) is 0 Å².